The summed E-state index contributed by atoms with van der Waals surface area (Å²) < 4.78 is 10.6. The maximum Gasteiger partial charge on any atom is 0.249 e. The smallest absolute Gasteiger partial charge is 0.249 e. The summed E-state index contributed by atoms with van der Waals surface area (Å²) in [6.45, 7) is 0.665. The maximum atomic E-state index is 8.73. The van der Waals surface area contributed by atoms with Crippen LogP contribution in [0.5, 0.6) is 11.6 Å². The second-order valence-electron chi connectivity index (χ2n) is 4.18. The summed E-state index contributed by atoms with van der Waals surface area (Å²) in [5.74, 6) is 0.607. The summed E-state index contributed by atoms with van der Waals surface area (Å²) >= 11 is 0. The van der Waals surface area contributed by atoms with E-state index in [0.717, 1.165) is 12.0 Å². The van der Waals surface area contributed by atoms with Crippen molar-refractivity contribution in [1.82, 2.24) is 9.97 Å². The Bertz CT molecular complexity index is 614. The van der Waals surface area contributed by atoms with E-state index in [0.29, 0.717) is 12.4 Å². The second-order valence-corrected chi connectivity index (χ2v) is 4.18. The lowest BCUT2D eigenvalue weighted by Gasteiger charge is -2.08. The molecule has 0 unspecified atom stereocenters. The number of ether oxygens (including phenoxy) is 2. The quantitative estimate of drug-likeness (QED) is 0.362. The predicted octanol–water partition coefficient (Wildman–Crippen LogP) is 1.55. The minimum absolute atomic E-state index is 0.158. The normalized spacial score (nSPS) is 11.4. The Morgan fingerprint density at radius 3 is 2.62 bits per heavy atom. The lowest BCUT2D eigenvalue weighted by atomic mass is 10.1. The number of hydrogen-bond donors (Lipinski definition) is 2. The largest absolute Gasteiger partial charge is 0.437 e. The van der Waals surface area contributed by atoms with Crippen molar-refractivity contribution in [3.8, 4) is 11.6 Å². The minimum atomic E-state index is -0.158. The van der Waals surface area contributed by atoms with Crippen LogP contribution in [-0.2, 0) is 11.2 Å². The molecule has 1 heterocycles. The lowest BCUT2D eigenvalue weighted by Crippen LogP contribution is -2.16. The van der Waals surface area contributed by atoms with Crippen LogP contribution in [-0.4, -0.2) is 34.7 Å². The topological polar surface area (TPSA) is 103 Å². The van der Waals surface area contributed by atoms with Gasteiger partial charge in [0, 0.05) is 19.5 Å². The fourth-order valence-corrected chi connectivity index (χ4v) is 1.68. The standard InChI is InChI=1S/C14H16N4O3/c1-20-9-6-10-2-4-11(5-3-10)21-14-12(13(15)18-19)16-7-8-17-14/h2-5,7-8,19H,6,9H2,1H3,(H2,15,18). The van der Waals surface area contributed by atoms with Crippen molar-refractivity contribution in [2.45, 2.75) is 6.42 Å². The van der Waals surface area contributed by atoms with Crippen LogP contribution < -0.4 is 10.5 Å². The first-order chi connectivity index (χ1) is 10.2. The van der Waals surface area contributed by atoms with Gasteiger partial charge in [-0.3, -0.25) is 0 Å². The van der Waals surface area contributed by atoms with Crippen molar-refractivity contribution in [2.75, 3.05) is 13.7 Å². The third-order valence-corrected chi connectivity index (χ3v) is 2.75. The zero-order chi connectivity index (χ0) is 15.1. The van der Waals surface area contributed by atoms with Gasteiger partial charge in [0.15, 0.2) is 11.5 Å². The number of oxime groups is 1. The average molecular weight is 288 g/mol. The zero-order valence-electron chi connectivity index (χ0n) is 11.6. The van der Waals surface area contributed by atoms with Crippen molar-refractivity contribution in [1.29, 1.82) is 0 Å². The third kappa shape index (κ3) is 3.90. The molecular weight excluding hydrogens is 272 g/mol. The molecule has 110 valence electrons. The van der Waals surface area contributed by atoms with Gasteiger partial charge in [-0.15, -0.1) is 0 Å². The molecule has 0 saturated carbocycles. The number of amidine groups is 1. The molecule has 0 atom stereocenters. The van der Waals surface area contributed by atoms with E-state index in [2.05, 4.69) is 15.1 Å². The van der Waals surface area contributed by atoms with Gasteiger partial charge in [0.05, 0.1) is 6.61 Å². The number of nitrogens with zero attached hydrogens (tertiary/aromatic N) is 3. The highest BCUT2D eigenvalue weighted by atomic mass is 16.5. The fourth-order valence-electron chi connectivity index (χ4n) is 1.68. The summed E-state index contributed by atoms with van der Waals surface area (Å²) in [6, 6.07) is 7.51. The molecule has 0 bridgehead atoms. The first-order valence-corrected chi connectivity index (χ1v) is 6.29. The van der Waals surface area contributed by atoms with Gasteiger partial charge < -0.3 is 20.4 Å². The number of rotatable bonds is 6. The molecule has 1 aromatic carbocycles. The first kappa shape index (κ1) is 14.7. The Morgan fingerprint density at radius 1 is 1.24 bits per heavy atom. The highest BCUT2D eigenvalue weighted by Crippen LogP contribution is 2.22. The summed E-state index contributed by atoms with van der Waals surface area (Å²) in [5.41, 5.74) is 6.85. The molecule has 0 fully saturated rings. The molecule has 7 heteroatoms. The molecule has 0 saturated heterocycles. The van der Waals surface area contributed by atoms with Crippen LogP contribution in [0.3, 0.4) is 0 Å². The van der Waals surface area contributed by atoms with Crippen molar-refractivity contribution in [3.05, 3.63) is 47.9 Å². The summed E-state index contributed by atoms with van der Waals surface area (Å²) in [4.78, 5) is 8.02. The number of aromatic nitrogens is 2. The Hall–Kier alpha value is -2.67. The van der Waals surface area contributed by atoms with Crippen LogP contribution in [0.4, 0.5) is 0 Å². The van der Waals surface area contributed by atoms with Crippen molar-refractivity contribution < 1.29 is 14.7 Å². The molecule has 0 amide bonds. The number of nitrogens with two attached hydrogens (primary N) is 1. The van der Waals surface area contributed by atoms with Gasteiger partial charge in [-0.2, -0.15) is 0 Å². The van der Waals surface area contributed by atoms with Crippen molar-refractivity contribution >= 4 is 5.84 Å². The Labute approximate surface area is 122 Å². The number of methoxy groups -OCH3 is 1. The second kappa shape index (κ2) is 7.20. The van der Waals surface area contributed by atoms with E-state index in [9.17, 15) is 0 Å². The van der Waals surface area contributed by atoms with Gasteiger partial charge in [-0.1, -0.05) is 17.3 Å². The lowest BCUT2D eigenvalue weighted by molar-refractivity contribution is 0.202. The van der Waals surface area contributed by atoms with Crippen LogP contribution in [0, 0.1) is 0 Å². The van der Waals surface area contributed by atoms with E-state index < -0.39 is 0 Å². The SMILES string of the molecule is COCCc1ccc(Oc2nccnc2C(N)=NO)cc1. The summed E-state index contributed by atoms with van der Waals surface area (Å²) in [7, 11) is 1.67. The average Bonchev–Trinajstić information content (AvgIpc) is 2.54. The summed E-state index contributed by atoms with van der Waals surface area (Å²) in [6.07, 6.45) is 3.74. The highest BCUT2D eigenvalue weighted by molar-refractivity contribution is 5.97. The van der Waals surface area contributed by atoms with Crippen LogP contribution >= 0.6 is 0 Å². The number of benzene rings is 1. The molecule has 2 rings (SSSR count). The van der Waals surface area contributed by atoms with Crippen molar-refractivity contribution in [3.63, 3.8) is 0 Å². The van der Waals surface area contributed by atoms with E-state index >= 15 is 0 Å². The molecule has 1 aromatic heterocycles. The molecule has 21 heavy (non-hydrogen) atoms. The van der Waals surface area contributed by atoms with Crippen LogP contribution in [0.15, 0.2) is 41.8 Å². The van der Waals surface area contributed by atoms with E-state index in [-0.39, 0.29) is 17.4 Å². The molecule has 0 aliphatic rings. The number of hydrogen-bond acceptors (Lipinski definition) is 6. The van der Waals surface area contributed by atoms with Crippen molar-refractivity contribution in [2.24, 2.45) is 10.9 Å². The molecule has 0 aliphatic heterocycles. The Morgan fingerprint density at radius 2 is 1.95 bits per heavy atom. The molecule has 3 N–H and O–H groups in total. The summed E-state index contributed by atoms with van der Waals surface area (Å²) in [5, 5.41) is 11.6. The minimum Gasteiger partial charge on any atom is -0.437 e. The van der Waals surface area contributed by atoms with Crippen LogP contribution in [0.2, 0.25) is 0 Å². The molecule has 0 radical (unpaired) electrons. The monoisotopic (exact) mass is 288 g/mol. The molecule has 7 nitrogen and oxygen atoms in total. The highest BCUT2D eigenvalue weighted by Gasteiger charge is 2.12. The molecule has 0 aliphatic carbocycles. The Balaban J connectivity index is 2.15. The maximum absolute atomic E-state index is 8.73. The molecule has 0 spiro atoms. The predicted molar refractivity (Wildman–Crippen MR) is 76.6 cm³/mol. The van der Waals surface area contributed by atoms with E-state index in [1.54, 1.807) is 7.11 Å². The van der Waals surface area contributed by atoms with E-state index in [1.165, 1.54) is 12.4 Å². The van der Waals surface area contributed by atoms with Crippen LogP contribution in [0.1, 0.15) is 11.3 Å². The van der Waals surface area contributed by atoms with Gasteiger partial charge in [0.25, 0.3) is 0 Å². The molecular formula is C14H16N4O3. The van der Waals surface area contributed by atoms with Gasteiger partial charge in [-0.05, 0) is 24.1 Å². The van der Waals surface area contributed by atoms with E-state index in [1.807, 2.05) is 24.3 Å². The third-order valence-electron chi connectivity index (χ3n) is 2.75. The first-order valence-electron chi connectivity index (χ1n) is 6.29. The van der Waals surface area contributed by atoms with Gasteiger partial charge in [0.2, 0.25) is 5.88 Å². The van der Waals surface area contributed by atoms with E-state index in [4.69, 9.17) is 20.4 Å². The molecule has 2 aromatic rings. The van der Waals surface area contributed by atoms with Gasteiger partial charge >= 0.3 is 0 Å². The zero-order valence-corrected chi connectivity index (χ0v) is 11.6. The van der Waals surface area contributed by atoms with Gasteiger partial charge in [0.1, 0.15) is 5.75 Å². The van der Waals surface area contributed by atoms with Crippen LogP contribution in [0.25, 0.3) is 0 Å². The Kier molecular flexibility index (Phi) is 5.05. The van der Waals surface area contributed by atoms with Gasteiger partial charge in [-0.25, -0.2) is 9.97 Å². The fraction of sp³-hybridized carbons (Fsp3) is 0.214.